The highest BCUT2D eigenvalue weighted by atomic mass is 19.1. The fourth-order valence-corrected chi connectivity index (χ4v) is 3.55. The third-order valence-electron chi connectivity index (χ3n) is 4.67. The van der Waals surface area contributed by atoms with Crippen LogP contribution < -0.4 is 0 Å². The van der Waals surface area contributed by atoms with Gasteiger partial charge in [0.25, 0.3) is 0 Å². The van der Waals surface area contributed by atoms with E-state index < -0.39 is 0 Å². The normalized spacial score (nSPS) is 26.4. The van der Waals surface area contributed by atoms with E-state index in [0.717, 1.165) is 11.1 Å². The molecule has 1 aliphatic carbocycles. The molecule has 0 saturated carbocycles. The summed E-state index contributed by atoms with van der Waals surface area (Å²) in [5.41, 5.74) is 2.03. The molecule has 0 radical (unpaired) electrons. The Kier molecular flexibility index (Phi) is 4.65. The minimum absolute atomic E-state index is 0.0439. The SMILES string of the molecule is CC(C)C1=CC(c2ccc(F)cc2)C(C)C(C(C)C)C1=O. The number of carbonyl (C=O) groups excluding carboxylic acids is 1. The topological polar surface area (TPSA) is 17.1 Å². The monoisotopic (exact) mass is 288 g/mol. The van der Waals surface area contributed by atoms with Crippen molar-refractivity contribution < 1.29 is 9.18 Å². The molecule has 21 heavy (non-hydrogen) atoms. The summed E-state index contributed by atoms with van der Waals surface area (Å²) in [5, 5.41) is 0. The first-order valence-corrected chi connectivity index (χ1v) is 7.84. The van der Waals surface area contributed by atoms with Crippen LogP contribution in [-0.4, -0.2) is 5.78 Å². The second kappa shape index (κ2) is 6.13. The maximum Gasteiger partial charge on any atom is 0.162 e. The number of carbonyl (C=O) groups is 1. The van der Waals surface area contributed by atoms with Gasteiger partial charge in [0, 0.05) is 11.8 Å². The highest BCUT2D eigenvalue weighted by molar-refractivity contribution is 5.99. The third-order valence-corrected chi connectivity index (χ3v) is 4.67. The van der Waals surface area contributed by atoms with Gasteiger partial charge in [-0.25, -0.2) is 4.39 Å². The molecule has 1 aromatic rings. The maximum absolute atomic E-state index is 13.2. The minimum atomic E-state index is -0.216. The van der Waals surface area contributed by atoms with Crippen LogP contribution in [0.15, 0.2) is 35.9 Å². The van der Waals surface area contributed by atoms with Crippen molar-refractivity contribution in [2.45, 2.75) is 40.5 Å². The Hall–Kier alpha value is -1.44. The molecule has 0 aliphatic heterocycles. The molecule has 2 heteroatoms. The number of halogens is 1. The predicted molar refractivity (Wildman–Crippen MR) is 84.6 cm³/mol. The van der Waals surface area contributed by atoms with Crippen molar-refractivity contribution in [3.8, 4) is 0 Å². The van der Waals surface area contributed by atoms with Crippen molar-refractivity contribution in [1.82, 2.24) is 0 Å². The molecule has 3 atom stereocenters. The van der Waals surface area contributed by atoms with Gasteiger partial charge in [0.05, 0.1) is 0 Å². The van der Waals surface area contributed by atoms with Crippen molar-refractivity contribution in [2.24, 2.45) is 23.7 Å². The molecule has 2 rings (SSSR count). The van der Waals surface area contributed by atoms with Crippen LogP contribution in [0.1, 0.15) is 46.1 Å². The lowest BCUT2D eigenvalue weighted by Crippen LogP contribution is -2.36. The van der Waals surface area contributed by atoms with Gasteiger partial charge in [-0.1, -0.05) is 52.8 Å². The largest absolute Gasteiger partial charge is 0.294 e. The molecule has 0 aromatic heterocycles. The number of hydrogen-bond donors (Lipinski definition) is 0. The second-order valence-electron chi connectivity index (χ2n) is 6.85. The minimum Gasteiger partial charge on any atom is -0.294 e. The fraction of sp³-hybridized carbons (Fsp3) is 0.526. The summed E-state index contributed by atoms with van der Waals surface area (Å²) in [6, 6.07) is 6.70. The van der Waals surface area contributed by atoms with E-state index in [-0.39, 0.29) is 29.5 Å². The van der Waals surface area contributed by atoms with Crippen LogP contribution in [0.25, 0.3) is 0 Å². The van der Waals surface area contributed by atoms with E-state index in [1.54, 1.807) is 0 Å². The molecule has 1 aliphatic rings. The van der Waals surface area contributed by atoms with Crippen LogP contribution in [0, 0.1) is 29.5 Å². The average molecular weight is 288 g/mol. The van der Waals surface area contributed by atoms with Gasteiger partial charge >= 0.3 is 0 Å². The molecule has 0 fully saturated rings. The summed E-state index contributed by atoms with van der Waals surface area (Å²) in [6.45, 7) is 10.5. The first-order chi connectivity index (χ1) is 9.82. The van der Waals surface area contributed by atoms with Crippen LogP contribution in [-0.2, 0) is 4.79 Å². The number of Topliss-reactive ketones (excluding diaryl/α,β-unsaturated/α-hetero) is 1. The summed E-state index contributed by atoms with van der Waals surface area (Å²) in [4.78, 5) is 12.7. The smallest absolute Gasteiger partial charge is 0.162 e. The van der Waals surface area contributed by atoms with E-state index in [9.17, 15) is 9.18 Å². The highest BCUT2D eigenvalue weighted by Crippen LogP contribution is 2.42. The van der Waals surface area contributed by atoms with E-state index in [1.807, 2.05) is 12.1 Å². The highest BCUT2D eigenvalue weighted by Gasteiger charge is 2.39. The molecule has 114 valence electrons. The van der Waals surface area contributed by atoms with Gasteiger partial charge in [0.1, 0.15) is 5.82 Å². The van der Waals surface area contributed by atoms with Crippen LogP contribution in [0.3, 0.4) is 0 Å². The number of ketones is 1. The fourth-order valence-electron chi connectivity index (χ4n) is 3.55. The molecule has 0 amide bonds. The van der Waals surface area contributed by atoms with Crippen molar-refractivity contribution >= 4 is 5.78 Å². The van der Waals surface area contributed by atoms with Gasteiger partial charge in [-0.3, -0.25) is 4.79 Å². The van der Waals surface area contributed by atoms with Crippen molar-refractivity contribution in [2.75, 3.05) is 0 Å². The van der Waals surface area contributed by atoms with Gasteiger partial charge in [0.15, 0.2) is 5.78 Å². The molecule has 3 unspecified atom stereocenters. The van der Waals surface area contributed by atoms with Gasteiger partial charge in [-0.15, -0.1) is 0 Å². The third kappa shape index (κ3) is 3.09. The van der Waals surface area contributed by atoms with Gasteiger partial charge in [-0.05, 0) is 41.0 Å². The molecular weight excluding hydrogens is 263 g/mol. The Balaban J connectivity index is 2.48. The quantitative estimate of drug-likeness (QED) is 0.766. The van der Waals surface area contributed by atoms with Crippen LogP contribution in [0.4, 0.5) is 4.39 Å². The number of hydrogen-bond acceptors (Lipinski definition) is 1. The summed E-state index contributed by atoms with van der Waals surface area (Å²) < 4.78 is 13.2. The molecule has 0 bridgehead atoms. The molecule has 0 saturated heterocycles. The van der Waals surface area contributed by atoms with Crippen LogP contribution >= 0.6 is 0 Å². The van der Waals surface area contributed by atoms with Crippen molar-refractivity contribution in [3.63, 3.8) is 0 Å². The maximum atomic E-state index is 13.2. The second-order valence-corrected chi connectivity index (χ2v) is 6.85. The number of rotatable bonds is 3. The van der Waals surface area contributed by atoms with E-state index in [1.165, 1.54) is 12.1 Å². The number of benzene rings is 1. The zero-order valence-corrected chi connectivity index (χ0v) is 13.6. The lowest BCUT2D eigenvalue weighted by atomic mass is 9.65. The van der Waals surface area contributed by atoms with Gasteiger partial charge in [0.2, 0.25) is 0 Å². The first kappa shape index (κ1) is 15.9. The Morgan fingerprint density at radius 3 is 2.10 bits per heavy atom. The van der Waals surface area contributed by atoms with Crippen LogP contribution in [0.5, 0.6) is 0 Å². The molecule has 0 heterocycles. The Morgan fingerprint density at radius 2 is 1.62 bits per heavy atom. The number of allylic oxidation sites excluding steroid dienone is 2. The van der Waals surface area contributed by atoms with E-state index in [4.69, 9.17) is 0 Å². The molecule has 1 aromatic carbocycles. The first-order valence-electron chi connectivity index (χ1n) is 7.84. The van der Waals surface area contributed by atoms with Gasteiger partial charge < -0.3 is 0 Å². The lowest BCUT2D eigenvalue weighted by Gasteiger charge is -2.37. The zero-order valence-electron chi connectivity index (χ0n) is 13.6. The van der Waals surface area contributed by atoms with Crippen LogP contribution in [0.2, 0.25) is 0 Å². The van der Waals surface area contributed by atoms with E-state index in [2.05, 4.69) is 40.7 Å². The molecular formula is C19H25FO. The molecule has 0 N–H and O–H groups in total. The van der Waals surface area contributed by atoms with E-state index in [0.29, 0.717) is 11.7 Å². The van der Waals surface area contributed by atoms with Gasteiger partial charge in [-0.2, -0.15) is 0 Å². The van der Waals surface area contributed by atoms with E-state index >= 15 is 0 Å². The molecule has 1 nitrogen and oxygen atoms in total. The molecule has 0 spiro atoms. The summed E-state index contributed by atoms with van der Waals surface area (Å²) in [5.74, 6) is 1.10. The summed E-state index contributed by atoms with van der Waals surface area (Å²) in [6.07, 6.45) is 2.11. The lowest BCUT2D eigenvalue weighted by molar-refractivity contribution is -0.123. The summed E-state index contributed by atoms with van der Waals surface area (Å²) >= 11 is 0. The Morgan fingerprint density at radius 1 is 1.05 bits per heavy atom. The standard InChI is InChI=1S/C19H25FO/c1-11(2)16-10-17(14-6-8-15(20)9-7-14)13(5)18(12(3)4)19(16)21/h6-13,17-18H,1-5H3. The predicted octanol–water partition coefficient (Wildman–Crippen LogP) is 4.98. The van der Waals surface area contributed by atoms with Crippen molar-refractivity contribution in [3.05, 3.63) is 47.3 Å². The average Bonchev–Trinajstić information content (AvgIpc) is 2.39. The Bertz CT molecular complexity index is 539. The van der Waals surface area contributed by atoms with Crippen molar-refractivity contribution in [1.29, 1.82) is 0 Å². The Labute approximate surface area is 127 Å². The summed E-state index contributed by atoms with van der Waals surface area (Å²) in [7, 11) is 0. The zero-order chi connectivity index (χ0) is 15.7.